The first kappa shape index (κ1) is 14.4. The van der Waals surface area contributed by atoms with Gasteiger partial charge in [0, 0.05) is 38.8 Å². The largest absolute Gasteiger partial charge is 0.451 e. The summed E-state index contributed by atoms with van der Waals surface area (Å²) >= 11 is 0. The van der Waals surface area contributed by atoms with Crippen LogP contribution in [0.5, 0.6) is 0 Å². The molecule has 0 spiro atoms. The lowest BCUT2D eigenvalue weighted by Gasteiger charge is -2.35. The predicted molar refractivity (Wildman–Crippen MR) is 72.8 cm³/mol. The van der Waals surface area contributed by atoms with Gasteiger partial charge in [-0.05, 0) is 18.8 Å². The Hall–Kier alpha value is -1.57. The van der Waals surface area contributed by atoms with Gasteiger partial charge in [-0.15, -0.1) is 0 Å². The molecule has 2 aliphatic rings. The van der Waals surface area contributed by atoms with Crippen LogP contribution in [0, 0.1) is 5.92 Å². The number of nitrogens with zero attached hydrogens (tertiary/aromatic N) is 4. The van der Waals surface area contributed by atoms with E-state index in [9.17, 15) is 13.2 Å². The lowest BCUT2D eigenvalue weighted by molar-refractivity contribution is -0.144. The van der Waals surface area contributed by atoms with Crippen LogP contribution in [-0.2, 0) is 6.18 Å². The maximum absolute atomic E-state index is 12.7. The summed E-state index contributed by atoms with van der Waals surface area (Å²) in [5.41, 5.74) is 5.48. The summed E-state index contributed by atoms with van der Waals surface area (Å²) < 4.78 is 38.2. The Morgan fingerprint density at radius 1 is 1.14 bits per heavy atom. The highest BCUT2D eigenvalue weighted by molar-refractivity contribution is 5.47. The molecule has 1 saturated heterocycles. The average molecular weight is 301 g/mol. The lowest BCUT2D eigenvalue weighted by Crippen LogP contribution is -2.47. The summed E-state index contributed by atoms with van der Waals surface area (Å²) in [6.45, 7) is 4.14. The van der Waals surface area contributed by atoms with Crippen molar-refractivity contribution in [2.45, 2.75) is 19.0 Å². The van der Waals surface area contributed by atoms with Crippen molar-refractivity contribution in [3.05, 3.63) is 11.9 Å². The zero-order valence-corrected chi connectivity index (χ0v) is 11.6. The molecule has 116 valence electrons. The number of piperazine rings is 1. The van der Waals surface area contributed by atoms with E-state index in [4.69, 9.17) is 5.73 Å². The summed E-state index contributed by atoms with van der Waals surface area (Å²) in [6, 6.07) is 1.41. The van der Waals surface area contributed by atoms with Crippen LogP contribution >= 0.6 is 0 Å². The molecule has 1 saturated carbocycles. The van der Waals surface area contributed by atoms with Crippen LogP contribution in [0.25, 0.3) is 0 Å². The molecule has 3 rings (SSSR count). The van der Waals surface area contributed by atoms with Crippen molar-refractivity contribution in [1.82, 2.24) is 14.9 Å². The normalized spacial score (nSPS) is 20.8. The SMILES string of the molecule is Nc1cc(N2CCN(CC3CC3)CC2)nc(C(F)(F)F)n1. The molecule has 0 bridgehead atoms. The molecule has 2 heterocycles. The Morgan fingerprint density at radius 3 is 2.38 bits per heavy atom. The van der Waals surface area contributed by atoms with E-state index in [1.165, 1.54) is 18.9 Å². The highest BCUT2D eigenvalue weighted by atomic mass is 19.4. The molecule has 0 unspecified atom stereocenters. The van der Waals surface area contributed by atoms with Crippen molar-refractivity contribution in [2.75, 3.05) is 43.4 Å². The Bertz CT molecular complexity index is 507. The molecule has 0 aromatic carbocycles. The number of hydrogen-bond acceptors (Lipinski definition) is 5. The topological polar surface area (TPSA) is 58.3 Å². The predicted octanol–water partition coefficient (Wildman–Crippen LogP) is 1.61. The number of rotatable bonds is 3. The monoisotopic (exact) mass is 301 g/mol. The van der Waals surface area contributed by atoms with Crippen LogP contribution in [0.2, 0.25) is 0 Å². The Morgan fingerprint density at radius 2 is 1.81 bits per heavy atom. The fourth-order valence-electron chi connectivity index (χ4n) is 2.57. The molecule has 0 atom stereocenters. The minimum Gasteiger partial charge on any atom is -0.384 e. The van der Waals surface area contributed by atoms with Crippen molar-refractivity contribution >= 4 is 11.6 Å². The molecule has 2 N–H and O–H groups in total. The molecule has 2 fully saturated rings. The highest BCUT2D eigenvalue weighted by Crippen LogP contribution is 2.31. The van der Waals surface area contributed by atoms with Crippen LogP contribution in [-0.4, -0.2) is 47.6 Å². The van der Waals surface area contributed by atoms with E-state index >= 15 is 0 Å². The number of nitrogens with two attached hydrogens (primary N) is 1. The molecule has 1 aliphatic heterocycles. The lowest BCUT2D eigenvalue weighted by atomic mass is 10.2. The fraction of sp³-hybridized carbons (Fsp3) is 0.692. The van der Waals surface area contributed by atoms with Gasteiger partial charge in [-0.2, -0.15) is 13.2 Å². The van der Waals surface area contributed by atoms with Crippen LogP contribution in [0.1, 0.15) is 18.7 Å². The van der Waals surface area contributed by atoms with Gasteiger partial charge in [-0.1, -0.05) is 0 Å². The summed E-state index contributed by atoms with van der Waals surface area (Å²) in [5.74, 6) is -0.227. The van der Waals surface area contributed by atoms with Gasteiger partial charge in [-0.3, -0.25) is 4.90 Å². The Kier molecular flexibility index (Phi) is 3.64. The van der Waals surface area contributed by atoms with Crippen molar-refractivity contribution in [2.24, 2.45) is 5.92 Å². The van der Waals surface area contributed by atoms with E-state index in [2.05, 4.69) is 14.9 Å². The molecule has 8 heteroatoms. The third-order valence-corrected chi connectivity index (χ3v) is 3.90. The molecule has 5 nitrogen and oxygen atoms in total. The number of halogens is 3. The minimum atomic E-state index is -4.57. The van der Waals surface area contributed by atoms with Crippen molar-refractivity contribution in [3.63, 3.8) is 0 Å². The minimum absolute atomic E-state index is 0.146. The van der Waals surface area contributed by atoms with Crippen molar-refractivity contribution in [1.29, 1.82) is 0 Å². The van der Waals surface area contributed by atoms with E-state index < -0.39 is 12.0 Å². The van der Waals surface area contributed by atoms with Gasteiger partial charge in [0.1, 0.15) is 11.6 Å². The summed E-state index contributed by atoms with van der Waals surface area (Å²) in [4.78, 5) is 11.1. The quantitative estimate of drug-likeness (QED) is 0.919. The smallest absolute Gasteiger partial charge is 0.384 e. The van der Waals surface area contributed by atoms with Gasteiger partial charge in [0.2, 0.25) is 5.82 Å². The molecular weight excluding hydrogens is 283 g/mol. The third-order valence-electron chi connectivity index (χ3n) is 3.90. The summed E-state index contributed by atoms with van der Waals surface area (Å²) in [7, 11) is 0. The van der Waals surface area contributed by atoms with E-state index in [1.807, 2.05) is 4.90 Å². The molecule has 1 aliphatic carbocycles. The van der Waals surface area contributed by atoms with Gasteiger partial charge in [0.15, 0.2) is 0 Å². The summed E-state index contributed by atoms with van der Waals surface area (Å²) in [6.07, 6.45) is -1.97. The Balaban J connectivity index is 1.68. The van der Waals surface area contributed by atoms with E-state index in [0.29, 0.717) is 13.1 Å². The standard InChI is InChI=1S/C13H18F3N5/c14-13(15,16)12-18-10(17)7-11(19-12)21-5-3-20(4-6-21)8-9-1-2-9/h7,9H,1-6,8H2,(H2,17,18,19). The molecule has 21 heavy (non-hydrogen) atoms. The molecule has 0 amide bonds. The first-order chi connectivity index (χ1) is 9.91. The second kappa shape index (κ2) is 5.32. The Labute approximate surface area is 120 Å². The molecule has 0 radical (unpaired) electrons. The van der Waals surface area contributed by atoms with Gasteiger partial charge >= 0.3 is 6.18 Å². The van der Waals surface area contributed by atoms with Crippen molar-refractivity contribution < 1.29 is 13.2 Å². The maximum atomic E-state index is 12.7. The number of nitrogen functional groups attached to an aromatic ring is 1. The zero-order chi connectivity index (χ0) is 15.0. The van der Waals surface area contributed by atoms with E-state index in [1.54, 1.807) is 0 Å². The molecule has 1 aromatic rings. The molecular formula is C13H18F3N5. The highest BCUT2D eigenvalue weighted by Gasteiger charge is 2.36. The third kappa shape index (κ3) is 3.55. The van der Waals surface area contributed by atoms with Crippen LogP contribution in [0.15, 0.2) is 6.07 Å². The van der Waals surface area contributed by atoms with Gasteiger partial charge in [-0.25, -0.2) is 9.97 Å². The molecule has 1 aromatic heterocycles. The van der Waals surface area contributed by atoms with Crippen LogP contribution in [0.4, 0.5) is 24.8 Å². The number of hydrogen-bond donors (Lipinski definition) is 1. The second-order valence-electron chi connectivity index (χ2n) is 5.70. The summed E-state index contributed by atoms with van der Waals surface area (Å²) in [5, 5.41) is 0. The second-order valence-corrected chi connectivity index (χ2v) is 5.70. The first-order valence-corrected chi connectivity index (χ1v) is 7.11. The number of alkyl halides is 3. The van der Waals surface area contributed by atoms with Crippen molar-refractivity contribution in [3.8, 4) is 0 Å². The van der Waals surface area contributed by atoms with Gasteiger partial charge in [0.05, 0.1) is 0 Å². The van der Waals surface area contributed by atoms with E-state index in [0.717, 1.165) is 25.6 Å². The van der Waals surface area contributed by atoms with Crippen LogP contribution in [0.3, 0.4) is 0 Å². The zero-order valence-electron chi connectivity index (χ0n) is 11.6. The number of aromatic nitrogens is 2. The van der Waals surface area contributed by atoms with Crippen LogP contribution < -0.4 is 10.6 Å². The first-order valence-electron chi connectivity index (χ1n) is 7.11. The average Bonchev–Trinajstić information content (AvgIpc) is 3.22. The van der Waals surface area contributed by atoms with E-state index in [-0.39, 0.29) is 11.6 Å². The fourth-order valence-corrected chi connectivity index (χ4v) is 2.57. The number of anilines is 2. The maximum Gasteiger partial charge on any atom is 0.451 e. The van der Waals surface area contributed by atoms with Gasteiger partial charge in [0.25, 0.3) is 0 Å². The van der Waals surface area contributed by atoms with Gasteiger partial charge < -0.3 is 10.6 Å².